The van der Waals surface area contributed by atoms with Gasteiger partial charge < -0.3 is 10.4 Å². The van der Waals surface area contributed by atoms with E-state index in [9.17, 15) is 9.18 Å². The number of hydrogen-bond donors (Lipinski definition) is 2. The first-order valence-electron chi connectivity index (χ1n) is 5.35. The Bertz CT molecular complexity index is 354. The number of carbonyl (C=O) groups is 1. The highest BCUT2D eigenvalue weighted by atomic mass is 32.2. The molecule has 17 heavy (non-hydrogen) atoms. The second kappa shape index (κ2) is 7.29. The molecule has 0 aliphatic heterocycles. The van der Waals surface area contributed by atoms with Crippen LogP contribution in [0.1, 0.15) is 12.5 Å². The standard InChI is InChI=1S/C12H16FNO2S/c1-9(15)6-14-12(16)8-17-7-10-2-4-11(13)5-3-10/h2-5,9,15H,6-8H2,1H3,(H,14,16)/t9-/m0/s1. The number of carbonyl (C=O) groups excluding carboxylic acids is 1. The maximum atomic E-state index is 12.6. The lowest BCUT2D eigenvalue weighted by atomic mass is 10.2. The summed E-state index contributed by atoms with van der Waals surface area (Å²) in [5, 5.41) is 11.6. The van der Waals surface area contributed by atoms with E-state index < -0.39 is 6.10 Å². The Morgan fingerprint density at radius 1 is 1.47 bits per heavy atom. The lowest BCUT2D eigenvalue weighted by Crippen LogP contribution is -2.31. The molecule has 5 heteroatoms. The van der Waals surface area contributed by atoms with Gasteiger partial charge in [0.25, 0.3) is 0 Å². The van der Waals surface area contributed by atoms with Gasteiger partial charge in [0.05, 0.1) is 11.9 Å². The number of rotatable bonds is 6. The van der Waals surface area contributed by atoms with Crippen molar-refractivity contribution in [3.63, 3.8) is 0 Å². The molecule has 1 atom stereocenters. The van der Waals surface area contributed by atoms with E-state index in [1.165, 1.54) is 23.9 Å². The van der Waals surface area contributed by atoms with Gasteiger partial charge in [-0.15, -0.1) is 11.8 Å². The average Bonchev–Trinajstić information content (AvgIpc) is 2.29. The number of benzene rings is 1. The number of thioether (sulfide) groups is 1. The average molecular weight is 257 g/mol. The zero-order valence-electron chi connectivity index (χ0n) is 9.65. The minimum atomic E-state index is -0.527. The largest absolute Gasteiger partial charge is 0.392 e. The minimum absolute atomic E-state index is 0.0991. The highest BCUT2D eigenvalue weighted by Gasteiger charge is 2.03. The van der Waals surface area contributed by atoms with E-state index >= 15 is 0 Å². The summed E-state index contributed by atoms with van der Waals surface area (Å²) in [5.74, 6) is 0.651. The summed E-state index contributed by atoms with van der Waals surface area (Å²) in [5.41, 5.74) is 0.986. The predicted octanol–water partition coefficient (Wildman–Crippen LogP) is 1.56. The van der Waals surface area contributed by atoms with Crippen LogP contribution in [0.25, 0.3) is 0 Å². The second-order valence-electron chi connectivity index (χ2n) is 3.77. The van der Waals surface area contributed by atoms with Crippen molar-refractivity contribution >= 4 is 17.7 Å². The van der Waals surface area contributed by atoms with E-state index in [-0.39, 0.29) is 18.3 Å². The zero-order valence-corrected chi connectivity index (χ0v) is 10.5. The van der Waals surface area contributed by atoms with Gasteiger partial charge in [-0.05, 0) is 24.6 Å². The second-order valence-corrected chi connectivity index (χ2v) is 4.76. The van der Waals surface area contributed by atoms with Crippen LogP contribution in [-0.4, -0.2) is 29.4 Å². The Morgan fingerprint density at radius 2 is 2.12 bits per heavy atom. The minimum Gasteiger partial charge on any atom is -0.392 e. The first-order valence-corrected chi connectivity index (χ1v) is 6.50. The first-order chi connectivity index (χ1) is 8.08. The molecule has 1 amide bonds. The van der Waals surface area contributed by atoms with Gasteiger partial charge in [0.1, 0.15) is 5.82 Å². The van der Waals surface area contributed by atoms with Crippen molar-refractivity contribution in [3.8, 4) is 0 Å². The first kappa shape index (κ1) is 14.0. The number of amides is 1. The summed E-state index contributed by atoms with van der Waals surface area (Å²) in [4.78, 5) is 11.3. The van der Waals surface area contributed by atoms with E-state index in [2.05, 4.69) is 5.32 Å². The molecular weight excluding hydrogens is 241 g/mol. The van der Waals surface area contributed by atoms with E-state index in [1.807, 2.05) is 0 Å². The third-order valence-electron chi connectivity index (χ3n) is 2.01. The van der Waals surface area contributed by atoms with Gasteiger partial charge in [0, 0.05) is 12.3 Å². The fourth-order valence-corrected chi connectivity index (χ4v) is 1.97. The van der Waals surface area contributed by atoms with Gasteiger partial charge in [-0.25, -0.2) is 4.39 Å². The Kier molecular flexibility index (Phi) is 6.00. The Labute approximate surface area is 104 Å². The van der Waals surface area contributed by atoms with Crippen LogP contribution in [0.5, 0.6) is 0 Å². The molecule has 0 aromatic heterocycles. The third kappa shape index (κ3) is 6.28. The maximum absolute atomic E-state index is 12.6. The fourth-order valence-electron chi connectivity index (χ4n) is 1.15. The van der Waals surface area contributed by atoms with Gasteiger partial charge >= 0.3 is 0 Å². The van der Waals surface area contributed by atoms with Gasteiger partial charge in [-0.1, -0.05) is 12.1 Å². The molecule has 0 heterocycles. The molecule has 1 aromatic carbocycles. The van der Waals surface area contributed by atoms with Crippen molar-refractivity contribution in [1.82, 2.24) is 5.32 Å². The summed E-state index contributed by atoms with van der Waals surface area (Å²) in [6.45, 7) is 1.89. The molecule has 1 aromatic rings. The number of halogens is 1. The smallest absolute Gasteiger partial charge is 0.230 e. The summed E-state index contributed by atoms with van der Waals surface area (Å²) in [7, 11) is 0. The Hall–Kier alpha value is -1.07. The van der Waals surface area contributed by atoms with Crippen molar-refractivity contribution in [3.05, 3.63) is 35.6 Å². The van der Waals surface area contributed by atoms with Crippen molar-refractivity contribution in [2.45, 2.75) is 18.8 Å². The lowest BCUT2D eigenvalue weighted by molar-refractivity contribution is -0.118. The highest BCUT2D eigenvalue weighted by molar-refractivity contribution is 7.99. The molecule has 0 unspecified atom stereocenters. The molecular formula is C12H16FNO2S. The zero-order chi connectivity index (χ0) is 12.7. The number of aliphatic hydroxyl groups is 1. The normalized spacial score (nSPS) is 12.2. The van der Waals surface area contributed by atoms with Crippen molar-refractivity contribution in [2.24, 2.45) is 0 Å². The molecule has 2 N–H and O–H groups in total. The highest BCUT2D eigenvalue weighted by Crippen LogP contribution is 2.12. The van der Waals surface area contributed by atoms with Crippen molar-refractivity contribution in [2.75, 3.05) is 12.3 Å². The molecule has 0 aliphatic rings. The molecule has 0 spiro atoms. The van der Waals surface area contributed by atoms with E-state index in [0.717, 1.165) is 5.56 Å². The molecule has 0 saturated carbocycles. The quantitative estimate of drug-likeness (QED) is 0.813. The number of hydrogen-bond acceptors (Lipinski definition) is 3. The Balaban J connectivity index is 2.19. The van der Waals surface area contributed by atoms with E-state index in [4.69, 9.17) is 5.11 Å². The predicted molar refractivity (Wildman–Crippen MR) is 67.3 cm³/mol. The summed E-state index contributed by atoms with van der Waals surface area (Å²) >= 11 is 1.46. The number of nitrogens with one attached hydrogen (secondary N) is 1. The molecule has 1 rings (SSSR count). The van der Waals surface area contributed by atoms with Crippen molar-refractivity contribution in [1.29, 1.82) is 0 Å². The molecule has 94 valence electrons. The van der Waals surface area contributed by atoms with Crippen LogP contribution < -0.4 is 5.32 Å². The van der Waals surface area contributed by atoms with Crippen LogP contribution in [0, 0.1) is 5.82 Å². The molecule has 0 saturated heterocycles. The van der Waals surface area contributed by atoms with Crippen LogP contribution in [0.2, 0.25) is 0 Å². The fraction of sp³-hybridized carbons (Fsp3) is 0.417. The molecule has 3 nitrogen and oxygen atoms in total. The van der Waals surface area contributed by atoms with Gasteiger partial charge in [0.2, 0.25) is 5.91 Å². The summed E-state index contributed by atoms with van der Waals surface area (Å²) in [6, 6.07) is 6.22. The lowest BCUT2D eigenvalue weighted by Gasteiger charge is -2.06. The van der Waals surface area contributed by atoms with E-state index in [0.29, 0.717) is 11.5 Å². The van der Waals surface area contributed by atoms with Gasteiger partial charge in [-0.2, -0.15) is 0 Å². The van der Waals surface area contributed by atoms with Crippen LogP contribution >= 0.6 is 11.8 Å². The number of aliphatic hydroxyl groups excluding tert-OH is 1. The van der Waals surface area contributed by atoms with Crippen LogP contribution in [0.15, 0.2) is 24.3 Å². The van der Waals surface area contributed by atoms with Crippen molar-refractivity contribution < 1.29 is 14.3 Å². The van der Waals surface area contributed by atoms with Gasteiger partial charge in [0.15, 0.2) is 0 Å². The monoisotopic (exact) mass is 257 g/mol. The molecule has 0 radical (unpaired) electrons. The van der Waals surface area contributed by atoms with Gasteiger partial charge in [-0.3, -0.25) is 4.79 Å². The SMILES string of the molecule is C[C@H](O)CNC(=O)CSCc1ccc(F)cc1. The summed E-state index contributed by atoms with van der Waals surface area (Å²) < 4.78 is 12.6. The topological polar surface area (TPSA) is 49.3 Å². The maximum Gasteiger partial charge on any atom is 0.230 e. The molecule has 0 aliphatic carbocycles. The van der Waals surface area contributed by atoms with Crippen LogP contribution in [0.3, 0.4) is 0 Å². The molecule has 0 fully saturated rings. The van der Waals surface area contributed by atoms with Crippen LogP contribution in [-0.2, 0) is 10.5 Å². The Morgan fingerprint density at radius 3 is 2.71 bits per heavy atom. The summed E-state index contributed by atoms with van der Waals surface area (Å²) in [6.07, 6.45) is -0.527. The van der Waals surface area contributed by atoms with E-state index in [1.54, 1.807) is 19.1 Å². The van der Waals surface area contributed by atoms with Crippen LogP contribution in [0.4, 0.5) is 4.39 Å². The molecule has 0 bridgehead atoms. The third-order valence-corrected chi connectivity index (χ3v) is 3.01.